The van der Waals surface area contributed by atoms with Crippen molar-refractivity contribution in [3.05, 3.63) is 47.0 Å². The van der Waals surface area contributed by atoms with E-state index in [0.29, 0.717) is 26.6 Å². The van der Waals surface area contributed by atoms with Gasteiger partial charge in [0.05, 0.1) is 26.9 Å². The number of halogens is 1. The monoisotopic (exact) mass is 355 g/mol. The molecule has 0 atom stereocenters. The first kappa shape index (κ1) is 15.6. The summed E-state index contributed by atoms with van der Waals surface area (Å²) in [6.07, 6.45) is 0. The molecule has 3 aromatic heterocycles. The predicted octanol–water partition coefficient (Wildman–Crippen LogP) is 3.59. The van der Waals surface area contributed by atoms with Gasteiger partial charge in [0, 0.05) is 12.7 Å². The molecule has 0 unspecified atom stereocenters. The maximum absolute atomic E-state index is 13.3. The average molecular weight is 355 g/mol. The van der Waals surface area contributed by atoms with Gasteiger partial charge in [-0.15, -0.1) is 0 Å². The highest BCUT2D eigenvalue weighted by molar-refractivity contribution is 7.22. The van der Waals surface area contributed by atoms with Crippen LogP contribution in [0, 0.1) is 19.7 Å². The Morgan fingerprint density at radius 3 is 2.84 bits per heavy atom. The number of fused-ring (bicyclic) bond motifs is 2. The number of benzene rings is 1. The van der Waals surface area contributed by atoms with Crippen LogP contribution < -0.4 is 5.32 Å². The van der Waals surface area contributed by atoms with Crippen molar-refractivity contribution in [2.45, 2.75) is 13.8 Å². The highest BCUT2D eigenvalue weighted by Gasteiger charge is 2.19. The third kappa shape index (κ3) is 2.64. The second-order valence-electron chi connectivity index (χ2n) is 5.80. The number of hydrogen-bond acceptors (Lipinski definition) is 5. The smallest absolute Gasteiger partial charge is 0.258 e. The van der Waals surface area contributed by atoms with E-state index >= 15 is 0 Å². The zero-order valence-electron chi connectivity index (χ0n) is 13.8. The number of nitrogens with zero attached hydrogens (tertiary/aromatic N) is 4. The number of aryl methyl sites for hydroxylation is 3. The number of nitrogens with one attached hydrogen (secondary N) is 1. The summed E-state index contributed by atoms with van der Waals surface area (Å²) in [6, 6.07) is 6.08. The molecule has 4 aromatic rings. The molecule has 0 fully saturated rings. The largest absolute Gasteiger partial charge is 0.298 e. The molecule has 0 bridgehead atoms. The van der Waals surface area contributed by atoms with Crippen LogP contribution in [-0.4, -0.2) is 25.7 Å². The number of aromatic nitrogens is 4. The minimum absolute atomic E-state index is 0.286. The van der Waals surface area contributed by atoms with Crippen molar-refractivity contribution in [3.8, 4) is 0 Å². The lowest BCUT2D eigenvalue weighted by molar-refractivity contribution is 0.102. The van der Waals surface area contributed by atoms with E-state index in [1.165, 1.54) is 23.5 Å². The van der Waals surface area contributed by atoms with Crippen molar-refractivity contribution in [1.29, 1.82) is 0 Å². The van der Waals surface area contributed by atoms with Crippen LogP contribution in [-0.2, 0) is 7.05 Å². The zero-order chi connectivity index (χ0) is 17.7. The molecule has 0 radical (unpaired) electrons. The van der Waals surface area contributed by atoms with Crippen LogP contribution in [0.5, 0.6) is 0 Å². The Bertz CT molecular complexity index is 1150. The molecule has 0 saturated carbocycles. The molecule has 8 heteroatoms. The Balaban J connectivity index is 1.76. The summed E-state index contributed by atoms with van der Waals surface area (Å²) in [6.45, 7) is 3.68. The van der Waals surface area contributed by atoms with Gasteiger partial charge in [-0.2, -0.15) is 5.10 Å². The number of thiazole rings is 1. The third-order valence-electron chi connectivity index (χ3n) is 3.91. The first-order valence-electron chi connectivity index (χ1n) is 7.61. The van der Waals surface area contributed by atoms with E-state index in [9.17, 15) is 9.18 Å². The van der Waals surface area contributed by atoms with Crippen LogP contribution in [0.3, 0.4) is 0 Å². The number of pyridine rings is 1. The quantitative estimate of drug-likeness (QED) is 0.596. The fourth-order valence-corrected chi connectivity index (χ4v) is 3.75. The van der Waals surface area contributed by atoms with Gasteiger partial charge in [0.1, 0.15) is 5.82 Å². The molecule has 3 heterocycles. The van der Waals surface area contributed by atoms with Crippen molar-refractivity contribution in [3.63, 3.8) is 0 Å². The standard InChI is InChI=1S/C17H14FN5OS/c1-8-6-11(14-9(2)22-23(3)15(14)19-8)16(24)21-17-20-12-5-4-10(18)7-13(12)25-17/h4-7H,1-3H3,(H,20,21,24). The maximum atomic E-state index is 13.3. The van der Waals surface area contributed by atoms with E-state index in [-0.39, 0.29) is 11.7 Å². The van der Waals surface area contributed by atoms with Gasteiger partial charge in [0.2, 0.25) is 0 Å². The van der Waals surface area contributed by atoms with Gasteiger partial charge in [0.25, 0.3) is 5.91 Å². The summed E-state index contributed by atoms with van der Waals surface area (Å²) < 4.78 is 15.7. The number of carbonyl (C=O) groups is 1. The molecule has 6 nitrogen and oxygen atoms in total. The van der Waals surface area contributed by atoms with Crippen LogP contribution in [0.15, 0.2) is 24.3 Å². The van der Waals surface area contributed by atoms with Crippen LogP contribution >= 0.6 is 11.3 Å². The van der Waals surface area contributed by atoms with Crippen molar-refractivity contribution in [2.75, 3.05) is 5.32 Å². The van der Waals surface area contributed by atoms with Crippen LogP contribution in [0.2, 0.25) is 0 Å². The summed E-state index contributed by atoms with van der Waals surface area (Å²) in [4.78, 5) is 21.6. The molecule has 4 rings (SSSR count). The Morgan fingerprint density at radius 2 is 2.04 bits per heavy atom. The molecule has 0 aliphatic carbocycles. The van der Waals surface area contributed by atoms with E-state index in [1.807, 2.05) is 13.8 Å². The molecule has 126 valence electrons. The topological polar surface area (TPSA) is 72.7 Å². The van der Waals surface area contributed by atoms with Crippen LogP contribution in [0.25, 0.3) is 21.3 Å². The predicted molar refractivity (Wildman–Crippen MR) is 95.5 cm³/mol. The number of rotatable bonds is 2. The summed E-state index contributed by atoms with van der Waals surface area (Å²) in [5.74, 6) is -0.613. The SMILES string of the molecule is Cc1cc(C(=O)Nc2nc3ccc(F)cc3s2)c2c(C)nn(C)c2n1. The number of anilines is 1. The lowest BCUT2D eigenvalue weighted by Gasteiger charge is -2.05. The lowest BCUT2D eigenvalue weighted by atomic mass is 10.1. The first-order valence-corrected chi connectivity index (χ1v) is 8.42. The summed E-state index contributed by atoms with van der Waals surface area (Å²) in [5.41, 5.74) is 3.27. The lowest BCUT2D eigenvalue weighted by Crippen LogP contribution is -2.13. The number of hydrogen-bond donors (Lipinski definition) is 1. The molecule has 25 heavy (non-hydrogen) atoms. The van der Waals surface area contributed by atoms with Gasteiger partial charge in [-0.1, -0.05) is 11.3 Å². The Labute approximate surface area is 146 Å². The van der Waals surface area contributed by atoms with E-state index in [4.69, 9.17) is 0 Å². The molecule has 0 saturated heterocycles. The van der Waals surface area contributed by atoms with Gasteiger partial charge < -0.3 is 0 Å². The molecule has 1 amide bonds. The molecule has 1 aromatic carbocycles. The van der Waals surface area contributed by atoms with Gasteiger partial charge in [-0.25, -0.2) is 14.4 Å². The Kier molecular flexibility index (Phi) is 3.50. The molecule has 0 aliphatic heterocycles. The van der Waals surface area contributed by atoms with Gasteiger partial charge in [-0.05, 0) is 38.1 Å². The number of amides is 1. The maximum Gasteiger partial charge on any atom is 0.258 e. The highest BCUT2D eigenvalue weighted by Crippen LogP contribution is 2.28. The summed E-state index contributed by atoms with van der Waals surface area (Å²) in [7, 11) is 1.80. The molecule has 0 aliphatic rings. The highest BCUT2D eigenvalue weighted by atomic mass is 32.1. The van der Waals surface area contributed by atoms with Crippen LogP contribution in [0.1, 0.15) is 21.7 Å². The average Bonchev–Trinajstić information content (AvgIpc) is 3.06. The summed E-state index contributed by atoms with van der Waals surface area (Å²) >= 11 is 1.23. The third-order valence-corrected chi connectivity index (χ3v) is 4.85. The van der Waals surface area contributed by atoms with Crippen molar-refractivity contribution in [1.82, 2.24) is 19.7 Å². The van der Waals surface area contributed by atoms with Crippen LogP contribution in [0.4, 0.5) is 9.52 Å². The molecule has 0 spiro atoms. The summed E-state index contributed by atoms with van der Waals surface area (Å²) in [5, 5.41) is 8.30. The first-order chi connectivity index (χ1) is 11.9. The minimum Gasteiger partial charge on any atom is -0.298 e. The van der Waals surface area contributed by atoms with E-state index < -0.39 is 0 Å². The fourth-order valence-electron chi connectivity index (χ4n) is 2.87. The second kappa shape index (κ2) is 5.59. The second-order valence-corrected chi connectivity index (χ2v) is 6.83. The molecular weight excluding hydrogens is 341 g/mol. The van der Waals surface area contributed by atoms with Gasteiger partial charge in [-0.3, -0.25) is 14.8 Å². The molecule has 1 N–H and O–H groups in total. The molecular formula is C17H14FN5OS. The normalized spacial score (nSPS) is 11.4. The fraction of sp³-hybridized carbons (Fsp3) is 0.176. The Hall–Kier alpha value is -2.87. The van der Waals surface area contributed by atoms with Gasteiger partial charge >= 0.3 is 0 Å². The van der Waals surface area contributed by atoms with Gasteiger partial charge in [0.15, 0.2) is 10.8 Å². The Morgan fingerprint density at radius 1 is 1.24 bits per heavy atom. The van der Waals surface area contributed by atoms with E-state index in [1.54, 1.807) is 23.9 Å². The number of carbonyl (C=O) groups excluding carboxylic acids is 1. The van der Waals surface area contributed by atoms with E-state index in [0.717, 1.165) is 16.8 Å². The minimum atomic E-state index is -0.327. The van der Waals surface area contributed by atoms with Crippen molar-refractivity contribution < 1.29 is 9.18 Å². The van der Waals surface area contributed by atoms with E-state index in [2.05, 4.69) is 20.4 Å². The van der Waals surface area contributed by atoms with Crippen molar-refractivity contribution >= 4 is 43.6 Å². The van der Waals surface area contributed by atoms with Crippen molar-refractivity contribution in [2.24, 2.45) is 7.05 Å². The zero-order valence-corrected chi connectivity index (χ0v) is 14.6.